The number of nitrogens with zero attached hydrogens (tertiary/aromatic N) is 1. The zero-order chi connectivity index (χ0) is 25.8. The second-order valence-electron chi connectivity index (χ2n) is 8.36. The van der Waals surface area contributed by atoms with Gasteiger partial charge in [-0.1, -0.05) is 42.0 Å². The van der Waals surface area contributed by atoms with Crippen molar-refractivity contribution in [2.45, 2.75) is 33.3 Å². The summed E-state index contributed by atoms with van der Waals surface area (Å²) < 4.78 is 31.5. The Bertz CT molecular complexity index is 1380. The molecule has 1 aromatic heterocycles. The van der Waals surface area contributed by atoms with Gasteiger partial charge >= 0.3 is 6.09 Å². The first-order valence-corrected chi connectivity index (χ1v) is 13.1. The summed E-state index contributed by atoms with van der Waals surface area (Å²) in [5.41, 5.74) is -0.347. The first-order chi connectivity index (χ1) is 16.5. The standard InChI is InChI=1S/C25H24ClN2O5PS/c1-5-31-34(30,18-9-7-6-8-10-18)21-22(35)19(15-27)20(16-11-13-17(26)14-12-16)32-23(21)28-24(29)33-25(2,3)4/h6-14H,5H2,1-4H3,(H,28,29). The molecule has 1 heterocycles. The van der Waals surface area contributed by atoms with Gasteiger partial charge in [0.2, 0.25) is 5.88 Å². The molecule has 0 saturated carbocycles. The second kappa shape index (κ2) is 10.8. The highest BCUT2D eigenvalue weighted by atomic mass is 35.5. The summed E-state index contributed by atoms with van der Waals surface area (Å²) in [4.78, 5) is 12.7. The Morgan fingerprint density at radius 1 is 1.17 bits per heavy atom. The fourth-order valence-electron chi connectivity index (χ4n) is 3.25. The zero-order valence-electron chi connectivity index (χ0n) is 19.6. The van der Waals surface area contributed by atoms with Crippen LogP contribution in [0.1, 0.15) is 33.3 Å². The van der Waals surface area contributed by atoms with Gasteiger partial charge in [-0.25, -0.2) is 4.79 Å². The minimum Gasteiger partial charge on any atom is -0.444 e. The number of carbonyl (C=O) groups is 1. The van der Waals surface area contributed by atoms with Crippen molar-refractivity contribution < 1.29 is 23.0 Å². The number of hydrogen-bond donors (Lipinski definition) is 1. The monoisotopic (exact) mass is 530 g/mol. The third kappa shape index (κ3) is 6.01. The Labute approximate surface area is 214 Å². The lowest BCUT2D eigenvalue weighted by Crippen LogP contribution is -2.30. The van der Waals surface area contributed by atoms with Crippen LogP contribution in [0.2, 0.25) is 5.02 Å². The van der Waals surface area contributed by atoms with Crippen LogP contribution in [-0.2, 0) is 13.8 Å². The van der Waals surface area contributed by atoms with E-state index in [-0.39, 0.29) is 33.6 Å². The van der Waals surface area contributed by atoms with Gasteiger partial charge in [0.25, 0.3) is 7.37 Å². The van der Waals surface area contributed by atoms with E-state index in [9.17, 15) is 14.6 Å². The minimum absolute atomic E-state index is 0.0251. The van der Waals surface area contributed by atoms with E-state index in [0.29, 0.717) is 15.9 Å². The molecule has 0 fully saturated rings. The van der Waals surface area contributed by atoms with Crippen molar-refractivity contribution in [2.75, 3.05) is 11.9 Å². The number of halogens is 1. The molecule has 0 bridgehead atoms. The maximum Gasteiger partial charge on any atom is 0.414 e. The molecule has 7 nitrogen and oxygen atoms in total. The number of benzene rings is 2. The number of hydrogen-bond acceptors (Lipinski definition) is 7. The topological polar surface area (TPSA) is 102 Å². The summed E-state index contributed by atoms with van der Waals surface area (Å²) in [5.74, 6) is -0.145. The van der Waals surface area contributed by atoms with Crippen molar-refractivity contribution in [3.8, 4) is 17.4 Å². The first kappa shape index (κ1) is 26.7. The molecule has 0 saturated heterocycles. The van der Waals surface area contributed by atoms with E-state index in [4.69, 9.17) is 37.5 Å². The van der Waals surface area contributed by atoms with E-state index in [2.05, 4.69) is 11.4 Å². The van der Waals surface area contributed by atoms with Crippen LogP contribution in [0.5, 0.6) is 0 Å². The normalized spacial score (nSPS) is 12.9. The molecule has 182 valence electrons. The highest BCUT2D eigenvalue weighted by Gasteiger charge is 2.37. The molecule has 1 unspecified atom stereocenters. The summed E-state index contributed by atoms with van der Waals surface area (Å²) in [5, 5.41) is 13.2. The van der Waals surface area contributed by atoms with Crippen LogP contribution in [0, 0.1) is 15.8 Å². The molecule has 1 atom stereocenters. The molecule has 3 rings (SSSR count). The molecule has 10 heteroatoms. The Morgan fingerprint density at radius 3 is 2.34 bits per heavy atom. The van der Waals surface area contributed by atoms with E-state index in [1.54, 1.807) is 82.3 Å². The molecule has 1 amide bonds. The highest BCUT2D eigenvalue weighted by molar-refractivity contribution is 7.77. The number of carbonyl (C=O) groups excluding carboxylic acids is 1. The average molecular weight is 531 g/mol. The molecule has 0 spiro atoms. The SMILES string of the molecule is CCOP(=O)(c1ccccc1)c1c(NC(=O)OC(C)(C)C)oc(-c2ccc(Cl)cc2)c(C#N)c1=S. The van der Waals surface area contributed by atoms with Gasteiger partial charge in [-0.3, -0.25) is 9.88 Å². The Balaban J connectivity index is 2.36. The van der Waals surface area contributed by atoms with E-state index < -0.39 is 19.1 Å². The van der Waals surface area contributed by atoms with Gasteiger partial charge in [-0.05, 0) is 64.1 Å². The van der Waals surface area contributed by atoms with Crippen LogP contribution >= 0.6 is 31.2 Å². The van der Waals surface area contributed by atoms with Gasteiger partial charge in [0.15, 0.2) is 5.76 Å². The predicted molar refractivity (Wildman–Crippen MR) is 140 cm³/mol. The van der Waals surface area contributed by atoms with E-state index in [0.717, 1.165) is 0 Å². The van der Waals surface area contributed by atoms with E-state index in [1.165, 1.54) is 0 Å². The summed E-state index contributed by atoms with van der Waals surface area (Å²) in [6, 6.07) is 17.0. The second-order valence-corrected chi connectivity index (χ2v) is 11.5. The molecular formula is C25H24ClN2O5PS. The largest absolute Gasteiger partial charge is 0.444 e. The predicted octanol–water partition coefficient (Wildman–Crippen LogP) is 6.81. The summed E-state index contributed by atoms with van der Waals surface area (Å²) in [6.45, 7) is 6.88. The molecule has 1 N–H and O–H groups in total. The third-order valence-corrected chi connectivity index (χ3v) is 8.05. The van der Waals surface area contributed by atoms with Gasteiger partial charge in [0.1, 0.15) is 22.5 Å². The molecule has 0 aliphatic carbocycles. The van der Waals surface area contributed by atoms with Crippen molar-refractivity contribution in [3.63, 3.8) is 0 Å². The van der Waals surface area contributed by atoms with Crippen LogP contribution in [0.4, 0.5) is 10.7 Å². The molecule has 35 heavy (non-hydrogen) atoms. The van der Waals surface area contributed by atoms with Crippen molar-refractivity contribution in [1.82, 2.24) is 0 Å². The number of ether oxygens (including phenoxy) is 1. The first-order valence-electron chi connectivity index (χ1n) is 10.7. The molecule has 0 aliphatic rings. The molecule has 0 radical (unpaired) electrons. The lowest BCUT2D eigenvalue weighted by Gasteiger charge is -2.23. The third-order valence-electron chi connectivity index (χ3n) is 4.62. The number of anilines is 1. The summed E-state index contributed by atoms with van der Waals surface area (Å²) >= 11 is 11.7. The van der Waals surface area contributed by atoms with Gasteiger partial charge in [-0.2, -0.15) is 5.26 Å². The average Bonchev–Trinajstić information content (AvgIpc) is 2.78. The maximum absolute atomic E-state index is 14.4. The van der Waals surface area contributed by atoms with Crippen LogP contribution < -0.4 is 15.9 Å². The summed E-state index contributed by atoms with van der Waals surface area (Å²) in [7, 11) is -3.91. The zero-order valence-corrected chi connectivity index (χ0v) is 22.1. The number of rotatable bonds is 6. The van der Waals surface area contributed by atoms with Crippen molar-refractivity contribution in [3.05, 3.63) is 69.7 Å². The Hall–Kier alpha value is -2.95. The van der Waals surface area contributed by atoms with Crippen LogP contribution in [-0.4, -0.2) is 18.3 Å². The van der Waals surface area contributed by atoms with Crippen molar-refractivity contribution in [1.29, 1.82) is 5.26 Å². The summed E-state index contributed by atoms with van der Waals surface area (Å²) in [6.07, 6.45) is -0.847. The highest BCUT2D eigenvalue weighted by Crippen LogP contribution is 2.48. The van der Waals surface area contributed by atoms with Crippen molar-refractivity contribution >= 4 is 53.8 Å². The van der Waals surface area contributed by atoms with Gasteiger partial charge in [0, 0.05) is 15.9 Å². The van der Waals surface area contributed by atoms with Crippen LogP contribution in [0.15, 0.2) is 59.0 Å². The van der Waals surface area contributed by atoms with Gasteiger partial charge in [-0.15, -0.1) is 0 Å². The number of amides is 1. The quantitative estimate of drug-likeness (QED) is 0.276. The minimum atomic E-state index is -3.91. The van der Waals surface area contributed by atoms with Crippen molar-refractivity contribution in [2.24, 2.45) is 0 Å². The fourth-order valence-corrected chi connectivity index (χ4v) is 6.19. The fraction of sp³-hybridized carbons (Fsp3) is 0.240. The Morgan fingerprint density at radius 2 is 1.80 bits per heavy atom. The van der Waals surface area contributed by atoms with Gasteiger partial charge in [0.05, 0.1) is 11.1 Å². The van der Waals surface area contributed by atoms with Gasteiger partial charge < -0.3 is 13.7 Å². The van der Waals surface area contributed by atoms with E-state index >= 15 is 0 Å². The Kier molecular flexibility index (Phi) is 8.19. The molecule has 0 aliphatic heterocycles. The lowest BCUT2D eigenvalue weighted by molar-refractivity contribution is 0.0632. The molecule has 3 aromatic rings. The maximum atomic E-state index is 14.4. The number of nitriles is 1. The molecule has 2 aromatic carbocycles. The molecular weight excluding hydrogens is 507 g/mol. The van der Waals surface area contributed by atoms with Crippen LogP contribution in [0.3, 0.4) is 0 Å². The van der Waals surface area contributed by atoms with E-state index in [1.807, 2.05) is 0 Å². The van der Waals surface area contributed by atoms with Crippen LogP contribution in [0.25, 0.3) is 11.3 Å². The number of nitrogens with one attached hydrogen (secondary N) is 1. The lowest BCUT2D eigenvalue weighted by atomic mass is 10.1. The smallest absolute Gasteiger partial charge is 0.414 e.